The van der Waals surface area contributed by atoms with Gasteiger partial charge in [-0.15, -0.1) is 4.91 Å². The molecule has 1 rings (SSSR count). The molecule has 5 heteroatoms. The van der Waals surface area contributed by atoms with Crippen LogP contribution in [0.4, 0.5) is 5.69 Å². The molecule has 0 aliphatic heterocycles. The second-order valence-electron chi connectivity index (χ2n) is 2.46. The van der Waals surface area contributed by atoms with Gasteiger partial charge in [0.1, 0.15) is 0 Å². The molecule has 0 fully saturated rings. The molecule has 0 unspecified atom stereocenters. The molecule has 0 aliphatic carbocycles. The Morgan fingerprint density at radius 1 is 1.54 bits per heavy atom. The quantitative estimate of drug-likeness (QED) is 0.568. The number of rotatable bonds is 3. The van der Waals surface area contributed by atoms with Crippen LogP contribution in [0.15, 0.2) is 23.5 Å². The first-order valence-corrected chi connectivity index (χ1v) is 3.63. The lowest BCUT2D eigenvalue weighted by molar-refractivity contribution is 0.373. The van der Waals surface area contributed by atoms with E-state index in [4.69, 9.17) is 4.74 Å². The van der Waals surface area contributed by atoms with Gasteiger partial charge in [0.2, 0.25) is 0 Å². The van der Waals surface area contributed by atoms with Gasteiger partial charge in [-0.1, -0.05) is 0 Å². The van der Waals surface area contributed by atoms with Crippen molar-refractivity contribution in [3.63, 3.8) is 0 Å². The summed E-state index contributed by atoms with van der Waals surface area (Å²) in [5.41, 5.74) is 0.560. The molecule has 0 saturated carbocycles. The second-order valence-corrected chi connectivity index (χ2v) is 2.46. The topological polar surface area (TPSA) is 62.1 Å². The average molecular weight is 182 g/mol. The molecule has 0 radical (unpaired) electrons. The van der Waals surface area contributed by atoms with E-state index in [9.17, 15) is 10.0 Å². The van der Waals surface area contributed by atoms with Crippen molar-refractivity contribution in [3.05, 3.63) is 23.1 Å². The zero-order chi connectivity index (χ0) is 9.84. The molecule has 0 bridgehead atoms. The minimum atomic E-state index is 0.0329. The fraction of sp³-hybridized carbons (Fsp3) is 0.250. The van der Waals surface area contributed by atoms with Gasteiger partial charge in [0, 0.05) is 13.1 Å². The van der Waals surface area contributed by atoms with E-state index in [0.29, 0.717) is 11.4 Å². The van der Waals surface area contributed by atoms with Crippen molar-refractivity contribution < 1.29 is 9.84 Å². The Labute approximate surface area is 75.5 Å². The first-order valence-electron chi connectivity index (χ1n) is 3.63. The molecule has 0 aliphatic rings. The second kappa shape index (κ2) is 3.75. The van der Waals surface area contributed by atoms with Gasteiger partial charge in [-0.3, -0.25) is 0 Å². The summed E-state index contributed by atoms with van der Waals surface area (Å²) in [5, 5.41) is 13.1. The van der Waals surface area contributed by atoms with Gasteiger partial charge in [-0.25, -0.2) is 5.01 Å². The normalized spacial score (nSPS) is 9.38. The molecule has 1 aromatic rings. The van der Waals surface area contributed by atoms with Gasteiger partial charge in [0.15, 0.2) is 11.5 Å². The predicted molar refractivity (Wildman–Crippen MR) is 48.9 cm³/mol. The summed E-state index contributed by atoms with van der Waals surface area (Å²) in [4.78, 5) is 10.2. The predicted octanol–water partition coefficient (Wildman–Crippen LogP) is 1.52. The molecule has 70 valence electrons. The summed E-state index contributed by atoms with van der Waals surface area (Å²) in [7, 11) is 2.95. The number of methoxy groups -OCH3 is 1. The van der Waals surface area contributed by atoms with Gasteiger partial charge >= 0.3 is 0 Å². The third-order valence-corrected chi connectivity index (χ3v) is 1.66. The standard InChI is InChI=1S/C8H10N2O3/c1-10(9-12)6-3-4-7(11)8(5-6)13-2/h3-5,11H,1-2H3. The number of nitrogens with zero attached hydrogens (tertiary/aromatic N) is 2. The minimum Gasteiger partial charge on any atom is -0.504 e. The summed E-state index contributed by atoms with van der Waals surface area (Å²) >= 11 is 0. The summed E-state index contributed by atoms with van der Waals surface area (Å²) in [6.07, 6.45) is 0. The van der Waals surface area contributed by atoms with Crippen molar-refractivity contribution in [2.75, 3.05) is 19.2 Å². The SMILES string of the molecule is COc1cc(N(C)N=O)ccc1O. The Balaban J connectivity index is 3.05. The molecule has 0 atom stereocenters. The van der Waals surface area contributed by atoms with Crippen LogP contribution in [-0.2, 0) is 0 Å². The number of ether oxygens (including phenoxy) is 1. The Morgan fingerprint density at radius 2 is 2.23 bits per heavy atom. The third kappa shape index (κ3) is 1.87. The Hall–Kier alpha value is -1.78. The van der Waals surface area contributed by atoms with Crippen molar-refractivity contribution in [2.45, 2.75) is 0 Å². The summed E-state index contributed by atoms with van der Waals surface area (Å²) in [6, 6.07) is 4.53. The first kappa shape index (κ1) is 9.31. The maximum atomic E-state index is 10.2. The lowest BCUT2D eigenvalue weighted by Gasteiger charge is -2.10. The molecule has 0 amide bonds. The molecule has 0 spiro atoms. The fourth-order valence-corrected chi connectivity index (χ4v) is 0.915. The number of hydrogen-bond donors (Lipinski definition) is 1. The third-order valence-electron chi connectivity index (χ3n) is 1.66. The molecule has 0 heterocycles. The lowest BCUT2D eigenvalue weighted by atomic mass is 10.3. The van der Waals surface area contributed by atoms with Gasteiger partial charge < -0.3 is 9.84 Å². The van der Waals surface area contributed by atoms with Crippen LogP contribution in [0.1, 0.15) is 0 Å². The average Bonchev–Trinajstić information content (AvgIpc) is 2.17. The van der Waals surface area contributed by atoms with E-state index in [1.165, 1.54) is 26.3 Å². The highest BCUT2D eigenvalue weighted by atomic mass is 16.5. The van der Waals surface area contributed by atoms with Crippen molar-refractivity contribution in [3.8, 4) is 11.5 Å². The lowest BCUT2D eigenvalue weighted by Crippen LogP contribution is -2.06. The fourth-order valence-electron chi connectivity index (χ4n) is 0.915. The van der Waals surface area contributed by atoms with Crippen molar-refractivity contribution in [1.82, 2.24) is 0 Å². The molecule has 1 aromatic carbocycles. The number of phenols is 1. The van der Waals surface area contributed by atoms with E-state index in [-0.39, 0.29) is 5.75 Å². The van der Waals surface area contributed by atoms with Gasteiger partial charge in [-0.05, 0) is 12.1 Å². The van der Waals surface area contributed by atoms with Crippen LogP contribution in [0.25, 0.3) is 0 Å². The van der Waals surface area contributed by atoms with Crippen LogP contribution < -0.4 is 9.75 Å². The summed E-state index contributed by atoms with van der Waals surface area (Å²) < 4.78 is 4.86. The van der Waals surface area contributed by atoms with E-state index < -0.39 is 0 Å². The van der Waals surface area contributed by atoms with Gasteiger partial charge in [0.25, 0.3) is 0 Å². The maximum Gasteiger partial charge on any atom is 0.162 e. The van der Waals surface area contributed by atoms with E-state index in [1.54, 1.807) is 6.07 Å². The summed E-state index contributed by atoms with van der Waals surface area (Å²) in [6.45, 7) is 0. The van der Waals surface area contributed by atoms with Crippen LogP contribution >= 0.6 is 0 Å². The van der Waals surface area contributed by atoms with Crippen LogP contribution in [-0.4, -0.2) is 19.3 Å². The Morgan fingerprint density at radius 3 is 2.77 bits per heavy atom. The Bertz CT molecular complexity index is 314. The summed E-state index contributed by atoms with van der Waals surface area (Å²) in [5.74, 6) is 0.346. The zero-order valence-corrected chi connectivity index (χ0v) is 7.39. The van der Waals surface area contributed by atoms with Gasteiger partial charge in [-0.2, -0.15) is 0 Å². The van der Waals surface area contributed by atoms with E-state index in [1.807, 2.05) is 0 Å². The molecule has 0 aromatic heterocycles. The Kier molecular flexibility index (Phi) is 2.69. The number of nitroso groups, excluding NO2 is 1. The van der Waals surface area contributed by atoms with Crippen LogP contribution in [0.2, 0.25) is 0 Å². The molecule has 13 heavy (non-hydrogen) atoms. The number of anilines is 1. The molecule has 1 N–H and O–H groups in total. The maximum absolute atomic E-state index is 10.2. The van der Waals surface area contributed by atoms with Crippen molar-refractivity contribution >= 4 is 5.69 Å². The highest BCUT2D eigenvalue weighted by Gasteiger charge is 2.05. The van der Waals surface area contributed by atoms with E-state index in [2.05, 4.69) is 5.29 Å². The zero-order valence-electron chi connectivity index (χ0n) is 7.39. The number of hydrogen-bond acceptors (Lipinski definition) is 4. The van der Waals surface area contributed by atoms with Crippen LogP contribution in [0.5, 0.6) is 11.5 Å². The highest BCUT2D eigenvalue weighted by molar-refractivity contribution is 5.54. The van der Waals surface area contributed by atoms with E-state index >= 15 is 0 Å². The first-order chi connectivity index (χ1) is 6.19. The van der Waals surface area contributed by atoms with Crippen molar-refractivity contribution in [2.24, 2.45) is 5.29 Å². The van der Waals surface area contributed by atoms with E-state index in [0.717, 1.165) is 5.01 Å². The van der Waals surface area contributed by atoms with Crippen LogP contribution in [0, 0.1) is 4.91 Å². The molecule has 0 saturated heterocycles. The monoisotopic (exact) mass is 182 g/mol. The minimum absolute atomic E-state index is 0.0329. The molecular weight excluding hydrogens is 172 g/mol. The molecule has 5 nitrogen and oxygen atoms in total. The number of aromatic hydroxyl groups is 1. The van der Waals surface area contributed by atoms with Gasteiger partial charge in [0.05, 0.1) is 18.1 Å². The molecular formula is C8H10N2O3. The number of benzene rings is 1. The largest absolute Gasteiger partial charge is 0.504 e. The number of phenolic OH excluding ortho intramolecular Hbond substituents is 1. The van der Waals surface area contributed by atoms with Crippen molar-refractivity contribution in [1.29, 1.82) is 0 Å². The van der Waals surface area contributed by atoms with Crippen LogP contribution in [0.3, 0.4) is 0 Å². The smallest absolute Gasteiger partial charge is 0.162 e. The highest BCUT2D eigenvalue weighted by Crippen LogP contribution is 2.29.